The molecule has 0 saturated carbocycles. The minimum Gasteiger partial charge on any atom is -0.356 e. The first-order valence-corrected chi connectivity index (χ1v) is 4.39. The number of nitrogens with zero attached hydrogens (tertiary/aromatic N) is 3. The van der Waals surface area contributed by atoms with Crippen LogP contribution in [-0.4, -0.2) is 10.9 Å². The molecular weight excluding hydrogens is 180 g/mol. The second-order valence-electron chi connectivity index (χ2n) is 3.08. The van der Waals surface area contributed by atoms with Gasteiger partial charge in [-0.25, -0.2) is 0 Å². The van der Waals surface area contributed by atoms with Gasteiger partial charge < -0.3 is 4.98 Å². The van der Waals surface area contributed by atoms with Crippen LogP contribution in [0.3, 0.4) is 0 Å². The van der Waals surface area contributed by atoms with Crippen molar-refractivity contribution in [3.8, 4) is 0 Å². The molecule has 0 spiro atoms. The van der Waals surface area contributed by atoms with Crippen molar-refractivity contribution in [3.05, 3.63) is 33.0 Å². The second-order valence-corrected chi connectivity index (χ2v) is 3.08. The van der Waals surface area contributed by atoms with Crippen molar-refractivity contribution in [2.24, 2.45) is 5.11 Å². The normalized spacial score (nSPS) is 9.64. The first-order chi connectivity index (χ1) is 6.61. The third kappa shape index (κ3) is 1.63. The number of carbonyl (C=O) groups excluding carboxylic acids is 1. The molecule has 0 atom stereocenters. The van der Waals surface area contributed by atoms with Crippen LogP contribution >= 0.6 is 0 Å². The summed E-state index contributed by atoms with van der Waals surface area (Å²) in [5.74, 6) is -0.548. The lowest BCUT2D eigenvalue weighted by Gasteiger charge is -1.95. The maximum atomic E-state index is 11.3. The van der Waals surface area contributed by atoms with E-state index in [9.17, 15) is 4.79 Å². The summed E-state index contributed by atoms with van der Waals surface area (Å²) in [5.41, 5.74) is 11.5. The molecule has 0 bridgehead atoms. The van der Waals surface area contributed by atoms with Gasteiger partial charge in [0.05, 0.1) is 5.69 Å². The summed E-state index contributed by atoms with van der Waals surface area (Å²) < 4.78 is 0. The number of aromatic amines is 1. The molecule has 1 aromatic rings. The minimum absolute atomic E-state index is 0.400. The van der Waals surface area contributed by atoms with E-state index in [0.29, 0.717) is 5.69 Å². The van der Waals surface area contributed by atoms with Gasteiger partial charge in [-0.05, 0) is 42.0 Å². The van der Waals surface area contributed by atoms with Crippen molar-refractivity contribution in [3.63, 3.8) is 0 Å². The van der Waals surface area contributed by atoms with Gasteiger partial charge in [-0.2, -0.15) is 0 Å². The highest BCUT2D eigenvalue weighted by molar-refractivity contribution is 5.95. The van der Waals surface area contributed by atoms with Crippen LogP contribution in [0.15, 0.2) is 5.11 Å². The van der Waals surface area contributed by atoms with Crippen LogP contribution < -0.4 is 0 Å². The van der Waals surface area contributed by atoms with E-state index in [1.54, 1.807) is 0 Å². The molecule has 0 radical (unpaired) electrons. The molecule has 5 heteroatoms. The van der Waals surface area contributed by atoms with Gasteiger partial charge in [0.2, 0.25) is 0 Å². The van der Waals surface area contributed by atoms with Crippen molar-refractivity contribution in [1.82, 2.24) is 4.98 Å². The fraction of sp³-hybridized carbons (Fsp3) is 0.444. The van der Waals surface area contributed by atoms with Gasteiger partial charge in [0.25, 0.3) is 5.91 Å². The van der Waals surface area contributed by atoms with Gasteiger partial charge in [-0.3, -0.25) is 4.79 Å². The van der Waals surface area contributed by atoms with Crippen molar-refractivity contribution in [2.45, 2.75) is 27.2 Å². The third-order valence-corrected chi connectivity index (χ3v) is 2.30. The fourth-order valence-electron chi connectivity index (χ4n) is 1.62. The molecule has 0 aromatic carbocycles. The van der Waals surface area contributed by atoms with Crippen LogP contribution in [0.2, 0.25) is 0 Å². The van der Waals surface area contributed by atoms with Gasteiger partial charge in [0.15, 0.2) is 0 Å². The van der Waals surface area contributed by atoms with Crippen LogP contribution in [0.5, 0.6) is 0 Å². The summed E-state index contributed by atoms with van der Waals surface area (Å²) in [5, 5.41) is 3.05. The van der Waals surface area contributed by atoms with Crippen molar-refractivity contribution >= 4 is 5.91 Å². The van der Waals surface area contributed by atoms with Gasteiger partial charge in [0.1, 0.15) is 0 Å². The van der Waals surface area contributed by atoms with E-state index in [1.165, 1.54) is 0 Å². The number of aromatic nitrogens is 1. The van der Waals surface area contributed by atoms with Gasteiger partial charge in [-0.15, -0.1) is 0 Å². The highest BCUT2D eigenvalue weighted by Gasteiger charge is 2.14. The van der Waals surface area contributed by atoms with Gasteiger partial charge in [0, 0.05) is 10.6 Å². The molecule has 0 aliphatic carbocycles. The lowest BCUT2D eigenvalue weighted by Crippen LogP contribution is -1.96. The van der Waals surface area contributed by atoms with Gasteiger partial charge in [-0.1, -0.05) is 6.92 Å². The smallest absolute Gasteiger partial charge is 0.265 e. The summed E-state index contributed by atoms with van der Waals surface area (Å²) in [4.78, 5) is 16.7. The summed E-state index contributed by atoms with van der Waals surface area (Å²) in [6.45, 7) is 5.77. The zero-order valence-corrected chi connectivity index (χ0v) is 8.46. The van der Waals surface area contributed by atoms with E-state index in [-0.39, 0.29) is 0 Å². The predicted octanol–water partition coefficient (Wildman–Crippen LogP) is 2.64. The molecule has 0 fully saturated rings. The first kappa shape index (κ1) is 10.3. The van der Waals surface area contributed by atoms with E-state index in [4.69, 9.17) is 5.53 Å². The Labute approximate surface area is 81.8 Å². The fourth-order valence-corrected chi connectivity index (χ4v) is 1.62. The highest BCUT2D eigenvalue weighted by atomic mass is 16.1. The van der Waals surface area contributed by atoms with E-state index < -0.39 is 5.91 Å². The molecule has 1 N–H and O–H groups in total. The molecule has 5 nitrogen and oxygen atoms in total. The zero-order valence-electron chi connectivity index (χ0n) is 8.46. The maximum absolute atomic E-state index is 11.3. The van der Waals surface area contributed by atoms with E-state index in [2.05, 4.69) is 15.0 Å². The van der Waals surface area contributed by atoms with Crippen LogP contribution in [0.1, 0.15) is 34.2 Å². The maximum Gasteiger partial charge on any atom is 0.265 e. The number of carbonyl (C=O) groups is 1. The Morgan fingerprint density at radius 3 is 2.64 bits per heavy atom. The number of aryl methyl sites for hydroxylation is 1. The molecule has 1 heterocycles. The minimum atomic E-state index is -0.548. The Morgan fingerprint density at radius 1 is 1.57 bits per heavy atom. The quantitative estimate of drug-likeness (QED) is 0.436. The van der Waals surface area contributed by atoms with E-state index >= 15 is 0 Å². The van der Waals surface area contributed by atoms with Crippen molar-refractivity contribution < 1.29 is 4.79 Å². The third-order valence-electron chi connectivity index (χ3n) is 2.30. The summed E-state index contributed by atoms with van der Waals surface area (Å²) in [7, 11) is 0. The molecule has 14 heavy (non-hydrogen) atoms. The monoisotopic (exact) mass is 192 g/mol. The van der Waals surface area contributed by atoms with Gasteiger partial charge >= 0.3 is 0 Å². The Hall–Kier alpha value is -1.74. The van der Waals surface area contributed by atoms with Crippen LogP contribution in [-0.2, 0) is 6.42 Å². The Bertz CT molecular complexity index is 413. The summed E-state index contributed by atoms with van der Waals surface area (Å²) >= 11 is 0. The highest BCUT2D eigenvalue weighted by Crippen LogP contribution is 2.18. The Balaban J connectivity index is 3.23. The number of amides is 1. The molecule has 0 unspecified atom stereocenters. The number of rotatable bonds is 2. The average Bonchev–Trinajstić information content (AvgIpc) is 2.42. The SMILES string of the molecule is CCc1c(C)[nH]c(C(=O)N=[N+]=[N-])c1C. The summed E-state index contributed by atoms with van der Waals surface area (Å²) in [6, 6.07) is 0. The molecule has 1 rings (SSSR count). The summed E-state index contributed by atoms with van der Waals surface area (Å²) in [6.07, 6.45) is 0.859. The topological polar surface area (TPSA) is 81.6 Å². The number of H-pyrrole nitrogens is 1. The number of azide groups is 1. The molecule has 0 saturated heterocycles. The van der Waals surface area contributed by atoms with E-state index in [0.717, 1.165) is 23.2 Å². The number of hydrogen-bond donors (Lipinski definition) is 1. The molecule has 0 aliphatic heterocycles. The number of hydrogen-bond acceptors (Lipinski definition) is 1. The first-order valence-electron chi connectivity index (χ1n) is 4.39. The molecule has 74 valence electrons. The predicted molar refractivity (Wildman–Crippen MR) is 53.1 cm³/mol. The lowest BCUT2D eigenvalue weighted by atomic mass is 10.1. The van der Waals surface area contributed by atoms with Crippen LogP contribution in [0.25, 0.3) is 10.4 Å². The lowest BCUT2D eigenvalue weighted by molar-refractivity contribution is 0.0995. The molecule has 1 aromatic heterocycles. The molecule has 1 amide bonds. The van der Waals surface area contributed by atoms with Crippen LogP contribution in [0, 0.1) is 13.8 Å². The van der Waals surface area contributed by atoms with Crippen LogP contribution in [0.4, 0.5) is 0 Å². The Morgan fingerprint density at radius 2 is 2.21 bits per heavy atom. The second kappa shape index (κ2) is 3.98. The Kier molecular flexibility index (Phi) is 2.94. The number of nitrogens with one attached hydrogen (secondary N) is 1. The average molecular weight is 192 g/mol. The van der Waals surface area contributed by atoms with E-state index in [1.807, 2.05) is 20.8 Å². The van der Waals surface area contributed by atoms with Crippen molar-refractivity contribution in [1.29, 1.82) is 0 Å². The standard InChI is InChI=1S/C9H12N4O/c1-4-7-5(2)8(11-6(7)3)9(14)12-13-10/h11H,4H2,1-3H3. The zero-order chi connectivity index (χ0) is 10.7. The molecular formula is C9H12N4O. The molecule has 0 aliphatic rings. The van der Waals surface area contributed by atoms with Crippen molar-refractivity contribution in [2.75, 3.05) is 0 Å². The largest absolute Gasteiger partial charge is 0.356 e.